The maximum atomic E-state index is 12.7. The van der Waals surface area contributed by atoms with E-state index in [2.05, 4.69) is 0 Å². The van der Waals surface area contributed by atoms with Gasteiger partial charge in [-0.1, -0.05) is 46.4 Å². The number of rotatable bonds is 2. The summed E-state index contributed by atoms with van der Waals surface area (Å²) >= 11 is 23.3. The molecule has 0 atom stereocenters. The SMILES string of the molecule is Nc1cc(Oc2c(Cl)cc(C(F)(F)F)cc2Cl)c(Cl)cc1Cl. The van der Waals surface area contributed by atoms with Crippen LogP contribution in [-0.2, 0) is 6.18 Å². The van der Waals surface area contributed by atoms with Gasteiger partial charge >= 0.3 is 6.18 Å². The minimum Gasteiger partial charge on any atom is -0.453 e. The lowest BCUT2D eigenvalue weighted by Gasteiger charge is -2.14. The van der Waals surface area contributed by atoms with Gasteiger partial charge < -0.3 is 10.5 Å². The largest absolute Gasteiger partial charge is 0.453 e. The summed E-state index contributed by atoms with van der Waals surface area (Å²) in [5.74, 6) is -0.105. The van der Waals surface area contributed by atoms with Gasteiger partial charge in [-0.3, -0.25) is 0 Å². The van der Waals surface area contributed by atoms with E-state index in [1.54, 1.807) is 0 Å². The summed E-state index contributed by atoms with van der Waals surface area (Å²) in [5.41, 5.74) is 4.81. The fraction of sp³-hybridized carbons (Fsp3) is 0.0769. The van der Waals surface area contributed by atoms with Crippen molar-refractivity contribution >= 4 is 52.1 Å². The maximum Gasteiger partial charge on any atom is 0.416 e. The monoisotopic (exact) mass is 389 g/mol. The molecule has 0 fully saturated rings. The number of nitrogens with two attached hydrogens (primary N) is 1. The third-order valence-corrected chi connectivity index (χ3v) is 3.77. The van der Waals surface area contributed by atoms with Crippen LogP contribution in [0.25, 0.3) is 0 Å². The predicted octanol–water partition coefficient (Wildman–Crippen LogP) is 6.69. The highest BCUT2D eigenvalue weighted by Crippen LogP contribution is 2.43. The van der Waals surface area contributed by atoms with Gasteiger partial charge in [-0.2, -0.15) is 13.2 Å². The van der Waals surface area contributed by atoms with Gasteiger partial charge in [-0.15, -0.1) is 0 Å². The van der Waals surface area contributed by atoms with Crippen LogP contribution in [-0.4, -0.2) is 0 Å². The average Bonchev–Trinajstić information content (AvgIpc) is 2.38. The molecule has 0 radical (unpaired) electrons. The first-order valence-corrected chi connectivity index (χ1v) is 7.09. The van der Waals surface area contributed by atoms with Crippen LogP contribution in [0.4, 0.5) is 18.9 Å². The molecular weight excluding hydrogens is 385 g/mol. The van der Waals surface area contributed by atoms with Gasteiger partial charge in [0.25, 0.3) is 0 Å². The first-order valence-electron chi connectivity index (χ1n) is 5.58. The average molecular weight is 391 g/mol. The molecule has 0 saturated heterocycles. The molecule has 0 bridgehead atoms. The smallest absolute Gasteiger partial charge is 0.416 e. The van der Waals surface area contributed by atoms with Crippen LogP contribution >= 0.6 is 46.4 Å². The lowest BCUT2D eigenvalue weighted by molar-refractivity contribution is -0.137. The van der Waals surface area contributed by atoms with Crippen molar-refractivity contribution in [1.82, 2.24) is 0 Å². The molecule has 0 spiro atoms. The Kier molecular flexibility index (Phi) is 4.92. The number of alkyl halides is 3. The van der Waals surface area contributed by atoms with Crippen LogP contribution < -0.4 is 10.5 Å². The zero-order chi connectivity index (χ0) is 16.7. The third-order valence-electron chi connectivity index (χ3n) is 2.59. The molecule has 118 valence electrons. The second-order valence-corrected chi connectivity index (χ2v) is 5.80. The van der Waals surface area contributed by atoms with Crippen molar-refractivity contribution in [2.45, 2.75) is 6.18 Å². The van der Waals surface area contributed by atoms with E-state index < -0.39 is 11.7 Å². The summed E-state index contributed by atoms with van der Waals surface area (Å²) in [5, 5.41) is -0.318. The van der Waals surface area contributed by atoms with Gasteiger partial charge in [-0.25, -0.2) is 0 Å². The topological polar surface area (TPSA) is 35.2 Å². The van der Waals surface area contributed by atoms with Crippen LogP contribution in [0.5, 0.6) is 11.5 Å². The van der Waals surface area contributed by atoms with Crippen molar-refractivity contribution in [2.75, 3.05) is 5.73 Å². The van der Waals surface area contributed by atoms with Gasteiger partial charge in [0.2, 0.25) is 0 Å². The minimum atomic E-state index is -4.58. The summed E-state index contributed by atoms with van der Waals surface area (Å²) in [4.78, 5) is 0. The molecule has 2 N–H and O–H groups in total. The Bertz CT molecular complexity index is 711. The van der Waals surface area contributed by atoms with Crippen molar-refractivity contribution in [3.05, 3.63) is 49.9 Å². The summed E-state index contributed by atoms with van der Waals surface area (Å²) in [6.45, 7) is 0. The van der Waals surface area contributed by atoms with E-state index in [0.29, 0.717) is 12.1 Å². The molecule has 0 unspecified atom stereocenters. The maximum absolute atomic E-state index is 12.7. The van der Waals surface area contributed by atoms with Crippen LogP contribution in [0.3, 0.4) is 0 Å². The number of nitrogen functional groups attached to an aromatic ring is 1. The standard InChI is InChI=1S/C13H6Cl4F3NO/c14-6-3-7(15)11(4-10(6)21)22-12-8(16)1-5(2-9(12)17)13(18,19)20/h1-4H,21H2. The van der Waals surface area contributed by atoms with Gasteiger partial charge in [0.15, 0.2) is 5.75 Å². The molecule has 0 aliphatic carbocycles. The van der Waals surface area contributed by atoms with Gasteiger partial charge in [0.05, 0.1) is 31.3 Å². The van der Waals surface area contributed by atoms with Crippen LogP contribution in [0.2, 0.25) is 20.1 Å². The molecule has 0 aliphatic heterocycles. The number of halogens is 7. The van der Waals surface area contributed by atoms with Crippen LogP contribution in [0, 0.1) is 0 Å². The highest BCUT2D eigenvalue weighted by molar-refractivity contribution is 6.38. The molecule has 2 nitrogen and oxygen atoms in total. The van der Waals surface area contributed by atoms with Gasteiger partial charge in [-0.05, 0) is 18.2 Å². The zero-order valence-electron chi connectivity index (χ0n) is 10.4. The minimum absolute atomic E-state index is 0.0622. The van der Waals surface area contributed by atoms with Crippen molar-refractivity contribution < 1.29 is 17.9 Å². The number of hydrogen-bond acceptors (Lipinski definition) is 2. The Balaban J connectivity index is 2.45. The van der Waals surface area contributed by atoms with E-state index >= 15 is 0 Å². The normalized spacial score (nSPS) is 11.6. The predicted molar refractivity (Wildman–Crippen MR) is 82.4 cm³/mol. The molecule has 0 amide bonds. The summed E-state index contributed by atoms with van der Waals surface area (Å²) in [6.07, 6.45) is -4.58. The van der Waals surface area contributed by atoms with E-state index in [0.717, 1.165) is 0 Å². The number of ether oxygens (including phenoxy) is 1. The van der Waals surface area contributed by atoms with Crippen molar-refractivity contribution in [3.63, 3.8) is 0 Å². The van der Waals surface area contributed by atoms with Gasteiger partial charge in [0, 0.05) is 6.07 Å². The van der Waals surface area contributed by atoms with E-state index in [-0.39, 0.29) is 37.3 Å². The molecule has 2 aromatic rings. The Morgan fingerprint density at radius 3 is 1.86 bits per heavy atom. The quantitative estimate of drug-likeness (QED) is 0.579. The highest BCUT2D eigenvalue weighted by Gasteiger charge is 2.32. The summed E-state index contributed by atoms with van der Waals surface area (Å²) in [6, 6.07) is 4.06. The van der Waals surface area contributed by atoms with Crippen LogP contribution in [0.15, 0.2) is 24.3 Å². The van der Waals surface area contributed by atoms with Crippen molar-refractivity contribution in [3.8, 4) is 11.5 Å². The summed E-state index contributed by atoms with van der Waals surface area (Å²) < 4.78 is 43.3. The van der Waals surface area contributed by atoms with E-state index in [1.165, 1.54) is 12.1 Å². The third kappa shape index (κ3) is 3.66. The van der Waals surface area contributed by atoms with Crippen molar-refractivity contribution in [1.29, 1.82) is 0 Å². The fourth-order valence-electron chi connectivity index (χ4n) is 1.55. The number of hydrogen-bond donors (Lipinski definition) is 1. The highest BCUT2D eigenvalue weighted by atomic mass is 35.5. The lowest BCUT2D eigenvalue weighted by atomic mass is 10.2. The molecule has 0 heterocycles. The van der Waals surface area contributed by atoms with E-state index in [9.17, 15) is 13.2 Å². The second-order valence-electron chi connectivity index (χ2n) is 4.17. The molecule has 22 heavy (non-hydrogen) atoms. The fourth-order valence-corrected chi connectivity index (χ4v) is 2.54. The molecule has 0 aromatic heterocycles. The molecule has 2 rings (SSSR count). The molecular formula is C13H6Cl4F3NO. The first-order chi connectivity index (χ1) is 10.1. The molecule has 0 aliphatic rings. The Morgan fingerprint density at radius 2 is 1.36 bits per heavy atom. The molecule has 0 saturated carbocycles. The Hall–Kier alpha value is -1.01. The zero-order valence-corrected chi connectivity index (χ0v) is 13.5. The van der Waals surface area contributed by atoms with E-state index in [1.807, 2.05) is 0 Å². The van der Waals surface area contributed by atoms with Gasteiger partial charge in [0.1, 0.15) is 5.75 Å². The summed E-state index contributed by atoms with van der Waals surface area (Å²) in [7, 11) is 0. The van der Waals surface area contributed by atoms with Crippen LogP contribution in [0.1, 0.15) is 5.56 Å². The number of anilines is 1. The van der Waals surface area contributed by atoms with Crippen molar-refractivity contribution in [2.24, 2.45) is 0 Å². The Labute approximate surface area is 143 Å². The molecule has 9 heteroatoms. The first kappa shape index (κ1) is 17.3. The lowest BCUT2D eigenvalue weighted by Crippen LogP contribution is -2.05. The second kappa shape index (κ2) is 6.24. The molecule has 2 aromatic carbocycles. The van der Waals surface area contributed by atoms with E-state index in [4.69, 9.17) is 56.9 Å². The Morgan fingerprint density at radius 1 is 0.818 bits per heavy atom. The number of benzene rings is 2.